The molecule has 1 rings (SSSR count). The lowest BCUT2D eigenvalue weighted by atomic mass is 9.75. The summed E-state index contributed by atoms with van der Waals surface area (Å²) in [6.45, 7) is 3.64. The summed E-state index contributed by atoms with van der Waals surface area (Å²) < 4.78 is 12.7. The maximum Gasteiger partial charge on any atom is 0.172 e. The van der Waals surface area contributed by atoms with Crippen molar-refractivity contribution in [3.8, 4) is 0 Å². The summed E-state index contributed by atoms with van der Waals surface area (Å²) in [6, 6.07) is 0. The Morgan fingerprint density at radius 2 is 2.20 bits per heavy atom. The Hall–Kier alpha value is -0.400. The third kappa shape index (κ3) is 1.20. The smallest absolute Gasteiger partial charge is 0.172 e. The van der Waals surface area contributed by atoms with E-state index in [0.29, 0.717) is 6.42 Å². The molecule has 2 heteroatoms. The summed E-state index contributed by atoms with van der Waals surface area (Å²) >= 11 is 0. The minimum Gasteiger partial charge on any atom is -0.296 e. The van der Waals surface area contributed by atoms with Crippen molar-refractivity contribution >= 4 is 5.78 Å². The molecule has 1 atom stereocenters. The van der Waals surface area contributed by atoms with Crippen LogP contribution in [0.15, 0.2) is 0 Å². The van der Waals surface area contributed by atoms with Crippen LogP contribution in [-0.2, 0) is 4.79 Å². The van der Waals surface area contributed by atoms with E-state index in [4.69, 9.17) is 0 Å². The molecule has 10 heavy (non-hydrogen) atoms. The predicted octanol–water partition coefficient (Wildman–Crippen LogP) is 2.10. The van der Waals surface area contributed by atoms with Crippen molar-refractivity contribution in [2.45, 2.75) is 39.3 Å². The van der Waals surface area contributed by atoms with E-state index in [2.05, 4.69) is 0 Å². The predicted molar refractivity (Wildman–Crippen MR) is 37.5 cm³/mol. The minimum atomic E-state index is -1.19. The molecule has 0 bridgehead atoms. The van der Waals surface area contributed by atoms with Crippen molar-refractivity contribution in [1.82, 2.24) is 0 Å². The summed E-state index contributed by atoms with van der Waals surface area (Å²) in [5, 5.41) is 0. The van der Waals surface area contributed by atoms with Crippen molar-refractivity contribution in [2.75, 3.05) is 0 Å². The molecule has 0 aliphatic heterocycles. The molecule has 0 N–H and O–H groups in total. The van der Waals surface area contributed by atoms with Gasteiger partial charge in [0.05, 0.1) is 0 Å². The van der Waals surface area contributed by atoms with Crippen LogP contribution in [0.1, 0.15) is 33.1 Å². The number of carbonyl (C=O) groups is 1. The van der Waals surface area contributed by atoms with Gasteiger partial charge in [0.15, 0.2) is 12.0 Å². The second-order valence-corrected chi connectivity index (χ2v) is 3.61. The number of ketones is 1. The van der Waals surface area contributed by atoms with Crippen LogP contribution < -0.4 is 0 Å². The van der Waals surface area contributed by atoms with Crippen LogP contribution in [-0.4, -0.2) is 12.0 Å². The highest BCUT2D eigenvalue weighted by Gasteiger charge is 2.37. The molecule has 0 aromatic rings. The van der Waals surface area contributed by atoms with Gasteiger partial charge in [-0.25, -0.2) is 4.39 Å². The van der Waals surface area contributed by atoms with Crippen molar-refractivity contribution in [3.05, 3.63) is 0 Å². The molecule has 0 amide bonds. The van der Waals surface area contributed by atoms with E-state index >= 15 is 0 Å². The first-order chi connectivity index (χ1) is 4.54. The van der Waals surface area contributed by atoms with Crippen LogP contribution in [0, 0.1) is 5.41 Å². The van der Waals surface area contributed by atoms with E-state index < -0.39 is 11.6 Å². The second kappa shape index (κ2) is 2.33. The van der Waals surface area contributed by atoms with E-state index in [1.807, 2.05) is 13.8 Å². The van der Waals surface area contributed by atoms with Crippen LogP contribution in [0.5, 0.6) is 0 Å². The third-order valence-electron chi connectivity index (χ3n) is 2.21. The summed E-state index contributed by atoms with van der Waals surface area (Å²) in [5.41, 5.74) is -0.405. The Kier molecular flexibility index (Phi) is 1.80. The van der Waals surface area contributed by atoms with Gasteiger partial charge in [-0.15, -0.1) is 0 Å². The fraction of sp³-hybridized carbons (Fsp3) is 0.875. The first kappa shape index (κ1) is 7.70. The second-order valence-electron chi connectivity index (χ2n) is 3.61. The molecule has 1 nitrogen and oxygen atoms in total. The lowest BCUT2D eigenvalue weighted by molar-refractivity contribution is -0.135. The van der Waals surface area contributed by atoms with Crippen LogP contribution in [0.3, 0.4) is 0 Å². The van der Waals surface area contributed by atoms with Crippen molar-refractivity contribution < 1.29 is 9.18 Å². The molecule has 0 aromatic carbocycles. The topological polar surface area (TPSA) is 17.1 Å². The molecule has 0 aromatic heterocycles. The van der Waals surface area contributed by atoms with Crippen molar-refractivity contribution in [3.63, 3.8) is 0 Å². The van der Waals surface area contributed by atoms with Gasteiger partial charge in [-0.3, -0.25) is 4.79 Å². The zero-order chi connectivity index (χ0) is 7.78. The van der Waals surface area contributed by atoms with Crippen LogP contribution in [0.4, 0.5) is 4.39 Å². The number of rotatable bonds is 0. The highest BCUT2D eigenvalue weighted by Crippen LogP contribution is 2.33. The standard InChI is InChI=1S/C8H13FO/c1-8(2)5-3-4-6(9)7(8)10/h6H,3-5H2,1-2H3. The number of halogens is 1. The molecule has 1 unspecified atom stereocenters. The lowest BCUT2D eigenvalue weighted by Crippen LogP contribution is -2.36. The van der Waals surface area contributed by atoms with E-state index in [1.54, 1.807) is 0 Å². The SMILES string of the molecule is CC1(C)CCCC(F)C1=O. The maximum absolute atomic E-state index is 12.7. The van der Waals surface area contributed by atoms with Gasteiger partial charge in [0.1, 0.15) is 0 Å². The Morgan fingerprint density at radius 1 is 1.60 bits per heavy atom. The molecule has 0 radical (unpaired) electrons. The Morgan fingerprint density at radius 3 is 2.60 bits per heavy atom. The number of hydrogen-bond donors (Lipinski definition) is 0. The average molecular weight is 144 g/mol. The Bertz CT molecular complexity index is 151. The van der Waals surface area contributed by atoms with Gasteiger partial charge in [0, 0.05) is 5.41 Å². The zero-order valence-electron chi connectivity index (χ0n) is 6.48. The number of hydrogen-bond acceptors (Lipinski definition) is 1. The fourth-order valence-electron chi connectivity index (χ4n) is 1.40. The molecule has 1 fully saturated rings. The Balaban J connectivity index is 2.70. The van der Waals surface area contributed by atoms with E-state index in [-0.39, 0.29) is 5.78 Å². The molecular formula is C8H13FO. The van der Waals surface area contributed by atoms with Crippen LogP contribution in [0.25, 0.3) is 0 Å². The van der Waals surface area contributed by atoms with Gasteiger partial charge in [-0.2, -0.15) is 0 Å². The summed E-state index contributed by atoms with van der Waals surface area (Å²) in [5.74, 6) is -0.209. The van der Waals surface area contributed by atoms with E-state index in [1.165, 1.54) is 0 Å². The highest BCUT2D eigenvalue weighted by atomic mass is 19.1. The maximum atomic E-state index is 12.7. The quantitative estimate of drug-likeness (QED) is 0.509. The monoisotopic (exact) mass is 144 g/mol. The molecular weight excluding hydrogens is 131 g/mol. The van der Waals surface area contributed by atoms with E-state index in [9.17, 15) is 9.18 Å². The molecule has 1 saturated carbocycles. The minimum absolute atomic E-state index is 0.209. The Labute approximate surface area is 60.6 Å². The third-order valence-corrected chi connectivity index (χ3v) is 2.21. The van der Waals surface area contributed by atoms with Gasteiger partial charge < -0.3 is 0 Å². The first-order valence-electron chi connectivity index (χ1n) is 3.72. The summed E-state index contributed by atoms with van der Waals surface area (Å²) in [7, 11) is 0. The molecule has 1 aliphatic rings. The van der Waals surface area contributed by atoms with Crippen LogP contribution in [0.2, 0.25) is 0 Å². The molecule has 0 spiro atoms. The van der Waals surface area contributed by atoms with E-state index in [0.717, 1.165) is 12.8 Å². The molecule has 0 heterocycles. The normalized spacial score (nSPS) is 32.3. The molecule has 58 valence electrons. The van der Waals surface area contributed by atoms with Gasteiger partial charge in [0.2, 0.25) is 0 Å². The lowest BCUT2D eigenvalue weighted by Gasteiger charge is -2.29. The highest BCUT2D eigenvalue weighted by molar-refractivity contribution is 5.88. The van der Waals surface area contributed by atoms with Gasteiger partial charge in [-0.05, 0) is 19.3 Å². The van der Waals surface area contributed by atoms with Gasteiger partial charge >= 0.3 is 0 Å². The van der Waals surface area contributed by atoms with Gasteiger partial charge in [0.25, 0.3) is 0 Å². The van der Waals surface area contributed by atoms with Crippen LogP contribution >= 0.6 is 0 Å². The van der Waals surface area contributed by atoms with Crippen molar-refractivity contribution in [2.24, 2.45) is 5.41 Å². The molecule has 0 saturated heterocycles. The average Bonchev–Trinajstić information content (AvgIpc) is 1.83. The number of alkyl halides is 1. The summed E-state index contributed by atoms with van der Waals surface area (Å²) in [4.78, 5) is 11.1. The number of carbonyl (C=O) groups excluding carboxylic acids is 1. The van der Waals surface area contributed by atoms with Gasteiger partial charge in [-0.1, -0.05) is 13.8 Å². The fourth-order valence-corrected chi connectivity index (χ4v) is 1.40. The first-order valence-corrected chi connectivity index (χ1v) is 3.72. The molecule has 1 aliphatic carbocycles. The van der Waals surface area contributed by atoms with Crippen molar-refractivity contribution in [1.29, 1.82) is 0 Å². The number of Topliss-reactive ketones (excluding diaryl/α,β-unsaturated/α-hetero) is 1. The summed E-state index contributed by atoms with van der Waals surface area (Å²) in [6.07, 6.45) is 0.928. The largest absolute Gasteiger partial charge is 0.296 e. The zero-order valence-corrected chi connectivity index (χ0v) is 6.48.